The number of carbonyl (C=O) groups excluding carboxylic acids is 2. The van der Waals surface area contributed by atoms with Crippen molar-refractivity contribution in [2.24, 2.45) is 0 Å². The summed E-state index contributed by atoms with van der Waals surface area (Å²) in [6.07, 6.45) is 7.31. The lowest BCUT2D eigenvalue weighted by molar-refractivity contribution is -0.116. The summed E-state index contributed by atoms with van der Waals surface area (Å²) in [6, 6.07) is 27.4. The van der Waals surface area contributed by atoms with Gasteiger partial charge in [-0.2, -0.15) is 5.10 Å². The van der Waals surface area contributed by atoms with Crippen LogP contribution in [0.5, 0.6) is 0 Å². The molecule has 1 saturated carbocycles. The summed E-state index contributed by atoms with van der Waals surface area (Å²) >= 11 is 0. The number of para-hydroxylation sites is 1. The highest BCUT2D eigenvalue weighted by molar-refractivity contribution is 5.95. The lowest BCUT2D eigenvalue weighted by Crippen LogP contribution is -2.25. The van der Waals surface area contributed by atoms with Crippen LogP contribution in [0.2, 0.25) is 0 Å². The van der Waals surface area contributed by atoms with E-state index < -0.39 is 0 Å². The molecule has 6 heteroatoms. The van der Waals surface area contributed by atoms with Crippen LogP contribution in [0.3, 0.4) is 0 Å². The predicted molar refractivity (Wildman–Crippen MR) is 137 cm³/mol. The Bertz CT molecular complexity index is 1340. The average molecular weight is 463 g/mol. The fraction of sp³-hybridized carbons (Fsp3) is 0.138. The molecule has 0 spiro atoms. The molecule has 1 aromatic heterocycles. The zero-order valence-electron chi connectivity index (χ0n) is 19.2. The highest BCUT2D eigenvalue weighted by Gasteiger charge is 2.23. The van der Waals surface area contributed by atoms with Crippen molar-refractivity contribution < 1.29 is 9.59 Å². The molecule has 1 aliphatic carbocycles. The second kappa shape index (κ2) is 10.2. The van der Waals surface area contributed by atoms with Crippen LogP contribution >= 0.6 is 0 Å². The normalized spacial score (nSPS) is 13.0. The summed E-state index contributed by atoms with van der Waals surface area (Å²) in [6.45, 7) is 0.348. The van der Waals surface area contributed by atoms with Crippen LogP contribution in [0.15, 0.2) is 97.2 Å². The molecule has 1 fully saturated rings. The Morgan fingerprint density at radius 1 is 0.914 bits per heavy atom. The van der Waals surface area contributed by atoms with E-state index in [2.05, 4.69) is 10.6 Å². The van der Waals surface area contributed by atoms with Gasteiger partial charge in [-0.1, -0.05) is 60.7 Å². The molecule has 0 unspecified atom stereocenters. The quantitative estimate of drug-likeness (QED) is 0.371. The van der Waals surface area contributed by atoms with Gasteiger partial charge in [0, 0.05) is 41.5 Å². The first-order valence-electron chi connectivity index (χ1n) is 11.7. The molecule has 1 heterocycles. The second-order valence-corrected chi connectivity index (χ2v) is 8.57. The standard InChI is InChI=1S/C29H26N4O2/c34-27(18-13-21-11-14-23(15-12-21)29(35)31-25-16-17-25)30-19-24-20-33(26-9-5-2-6-10-26)32-28(24)22-7-3-1-4-8-22/h1-15,18,20,25H,16-17,19H2,(H,30,34)(H,31,35)/b18-13+. The summed E-state index contributed by atoms with van der Waals surface area (Å²) in [7, 11) is 0. The average Bonchev–Trinajstić information content (AvgIpc) is 3.62. The molecule has 2 N–H and O–H groups in total. The molecule has 0 atom stereocenters. The van der Waals surface area contributed by atoms with E-state index in [-0.39, 0.29) is 11.8 Å². The third-order valence-electron chi connectivity index (χ3n) is 5.82. The fourth-order valence-corrected chi connectivity index (χ4v) is 3.75. The van der Waals surface area contributed by atoms with E-state index in [0.717, 1.165) is 40.9 Å². The van der Waals surface area contributed by atoms with E-state index in [1.807, 2.05) is 83.7 Å². The zero-order valence-corrected chi connectivity index (χ0v) is 19.2. The third kappa shape index (κ3) is 5.73. The summed E-state index contributed by atoms with van der Waals surface area (Å²) in [5.41, 5.74) is 5.18. The number of carbonyl (C=O) groups is 2. The molecule has 0 aliphatic heterocycles. The van der Waals surface area contributed by atoms with Crippen LogP contribution in [0, 0.1) is 0 Å². The molecule has 0 bridgehead atoms. The third-order valence-corrected chi connectivity index (χ3v) is 5.82. The van der Waals surface area contributed by atoms with Gasteiger partial charge in [-0.05, 0) is 48.7 Å². The number of aromatic nitrogens is 2. The highest BCUT2D eigenvalue weighted by atomic mass is 16.2. The van der Waals surface area contributed by atoms with Crippen molar-refractivity contribution in [1.29, 1.82) is 0 Å². The lowest BCUT2D eigenvalue weighted by atomic mass is 10.1. The van der Waals surface area contributed by atoms with Gasteiger partial charge in [0.05, 0.1) is 11.4 Å². The first-order valence-corrected chi connectivity index (χ1v) is 11.7. The van der Waals surface area contributed by atoms with Crippen LogP contribution in [0.25, 0.3) is 23.0 Å². The molecular formula is C29H26N4O2. The van der Waals surface area contributed by atoms with Gasteiger partial charge in [-0.15, -0.1) is 0 Å². The van der Waals surface area contributed by atoms with Gasteiger partial charge in [0.2, 0.25) is 5.91 Å². The van der Waals surface area contributed by atoms with Crippen molar-refractivity contribution >= 4 is 17.9 Å². The van der Waals surface area contributed by atoms with E-state index in [9.17, 15) is 9.59 Å². The van der Waals surface area contributed by atoms with Crippen molar-refractivity contribution in [2.75, 3.05) is 0 Å². The largest absolute Gasteiger partial charge is 0.349 e. The Labute approximate surface area is 204 Å². The molecule has 1 aliphatic rings. The van der Waals surface area contributed by atoms with Gasteiger partial charge < -0.3 is 10.6 Å². The van der Waals surface area contributed by atoms with Gasteiger partial charge in [0.25, 0.3) is 5.91 Å². The number of nitrogens with zero attached hydrogens (tertiary/aromatic N) is 2. The van der Waals surface area contributed by atoms with Gasteiger partial charge in [-0.25, -0.2) is 4.68 Å². The van der Waals surface area contributed by atoms with E-state index in [1.54, 1.807) is 18.2 Å². The van der Waals surface area contributed by atoms with E-state index >= 15 is 0 Å². The number of hydrogen-bond acceptors (Lipinski definition) is 3. The van der Waals surface area contributed by atoms with Crippen LogP contribution in [-0.4, -0.2) is 27.6 Å². The molecule has 3 aromatic carbocycles. The Morgan fingerprint density at radius 3 is 2.29 bits per heavy atom. The molecule has 174 valence electrons. The zero-order chi connectivity index (χ0) is 24.0. The summed E-state index contributed by atoms with van der Waals surface area (Å²) in [5.74, 6) is -0.252. The Balaban J connectivity index is 1.25. The minimum absolute atomic E-state index is 0.0500. The molecule has 6 nitrogen and oxygen atoms in total. The van der Waals surface area contributed by atoms with Crippen molar-refractivity contribution in [3.05, 3.63) is 114 Å². The molecule has 5 rings (SSSR count). The minimum Gasteiger partial charge on any atom is -0.349 e. The molecule has 2 amide bonds. The highest BCUT2D eigenvalue weighted by Crippen LogP contribution is 2.23. The fourth-order valence-electron chi connectivity index (χ4n) is 3.75. The van der Waals surface area contributed by atoms with E-state index in [0.29, 0.717) is 18.2 Å². The number of rotatable bonds is 8. The first-order chi connectivity index (χ1) is 17.2. The number of nitrogens with one attached hydrogen (secondary N) is 2. The maximum absolute atomic E-state index is 12.5. The van der Waals surface area contributed by atoms with E-state index in [4.69, 9.17) is 5.10 Å². The number of amides is 2. The monoisotopic (exact) mass is 462 g/mol. The topological polar surface area (TPSA) is 76.0 Å². The van der Waals surface area contributed by atoms with Crippen molar-refractivity contribution in [3.8, 4) is 16.9 Å². The maximum Gasteiger partial charge on any atom is 0.251 e. The van der Waals surface area contributed by atoms with Crippen molar-refractivity contribution in [2.45, 2.75) is 25.4 Å². The Morgan fingerprint density at radius 2 is 1.60 bits per heavy atom. The maximum atomic E-state index is 12.5. The van der Waals surface area contributed by atoms with E-state index in [1.165, 1.54) is 6.08 Å². The molecule has 0 radical (unpaired) electrons. The Hall–Kier alpha value is -4.45. The predicted octanol–water partition coefficient (Wildman–Crippen LogP) is 4.76. The van der Waals surface area contributed by atoms with Crippen LogP contribution in [0.4, 0.5) is 0 Å². The minimum atomic E-state index is -0.202. The summed E-state index contributed by atoms with van der Waals surface area (Å²) in [5, 5.41) is 10.7. The van der Waals surface area contributed by atoms with Crippen molar-refractivity contribution in [3.63, 3.8) is 0 Å². The molecule has 35 heavy (non-hydrogen) atoms. The smallest absolute Gasteiger partial charge is 0.251 e. The number of benzene rings is 3. The SMILES string of the molecule is O=C(/C=C/c1ccc(C(=O)NC2CC2)cc1)NCc1cn(-c2ccccc2)nc1-c1ccccc1. The number of hydrogen-bond donors (Lipinski definition) is 2. The van der Waals surface area contributed by atoms with Crippen LogP contribution in [-0.2, 0) is 11.3 Å². The lowest BCUT2D eigenvalue weighted by Gasteiger charge is -2.04. The first kappa shape index (κ1) is 22.3. The van der Waals surface area contributed by atoms with Gasteiger partial charge in [-0.3, -0.25) is 9.59 Å². The molecule has 0 saturated heterocycles. The van der Waals surface area contributed by atoms with Gasteiger partial charge >= 0.3 is 0 Å². The summed E-state index contributed by atoms with van der Waals surface area (Å²) < 4.78 is 1.83. The van der Waals surface area contributed by atoms with Crippen molar-refractivity contribution in [1.82, 2.24) is 20.4 Å². The van der Waals surface area contributed by atoms with Crippen LogP contribution in [0.1, 0.15) is 34.3 Å². The molecule has 4 aromatic rings. The molecular weight excluding hydrogens is 436 g/mol. The van der Waals surface area contributed by atoms with Crippen LogP contribution < -0.4 is 10.6 Å². The Kier molecular flexibility index (Phi) is 6.52. The van der Waals surface area contributed by atoms with Gasteiger partial charge in [0.15, 0.2) is 0 Å². The summed E-state index contributed by atoms with van der Waals surface area (Å²) in [4.78, 5) is 24.6. The second-order valence-electron chi connectivity index (χ2n) is 8.57. The van der Waals surface area contributed by atoms with Gasteiger partial charge in [0.1, 0.15) is 0 Å².